The summed E-state index contributed by atoms with van der Waals surface area (Å²) >= 11 is 0. The van der Waals surface area contributed by atoms with Crippen molar-refractivity contribution in [3.63, 3.8) is 0 Å². The second-order valence-electron chi connectivity index (χ2n) is 4.48. The second-order valence-corrected chi connectivity index (χ2v) is 6.94. The Morgan fingerprint density at radius 1 is 1.22 bits per heavy atom. The molecule has 0 spiro atoms. The molecule has 0 saturated heterocycles. The number of aromatic nitrogens is 2. The topological polar surface area (TPSA) is 72.0 Å². The normalized spacial score (nSPS) is 11.8. The Balaban J connectivity index is 2.63. The van der Waals surface area contributed by atoms with Gasteiger partial charge in [0.1, 0.15) is 5.82 Å². The molecule has 0 saturated carbocycles. The molecule has 1 rings (SSSR count). The first-order valence-electron chi connectivity index (χ1n) is 6.30. The summed E-state index contributed by atoms with van der Waals surface area (Å²) in [5.74, 6) is 0.619. The molecule has 0 amide bonds. The molecule has 0 aromatic carbocycles. The van der Waals surface area contributed by atoms with E-state index in [1.807, 2.05) is 0 Å². The van der Waals surface area contributed by atoms with Gasteiger partial charge in [-0.25, -0.2) is 8.42 Å². The van der Waals surface area contributed by atoms with Crippen LogP contribution in [0.2, 0.25) is 0 Å². The van der Waals surface area contributed by atoms with E-state index < -0.39 is 15.1 Å². The van der Waals surface area contributed by atoms with Crippen LogP contribution in [0.5, 0.6) is 0 Å². The molecular formula is C12H21N3O2S. The van der Waals surface area contributed by atoms with Crippen molar-refractivity contribution in [3.8, 4) is 0 Å². The second kappa shape index (κ2) is 6.68. The molecule has 0 radical (unpaired) electrons. The number of unbranched alkanes of at least 4 members (excludes halogenated alkanes) is 2. The van der Waals surface area contributed by atoms with Crippen LogP contribution in [0.1, 0.15) is 40.0 Å². The maximum atomic E-state index is 11.8. The van der Waals surface area contributed by atoms with Crippen LogP contribution >= 0.6 is 0 Å². The first-order valence-corrected chi connectivity index (χ1v) is 7.84. The lowest BCUT2D eigenvalue weighted by Gasteiger charge is -2.07. The largest absolute Gasteiger partial charge is 0.369 e. The Kier molecular flexibility index (Phi) is 5.53. The van der Waals surface area contributed by atoms with Crippen LogP contribution in [0.3, 0.4) is 0 Å². The maximum Gasteiger partial charge on any atom is 0.199 e. The van der Waals surface area contributed by atoms with Gasteiger partial charge >= 0.3 is 0 Å². The third kappa shape index (κ3) is 3.94. The molecule has 1 N–H and O–H groups in total. The van der Waals surface area contributed by atoms with Gasteiger partial charge in [-0.3, -0.25) is 0 Å². The number of hydrogen-bond donors (Lipinski definition) is 1. The Morgan fingerprint density at radius 2 is 1.94 bits per heavy atom. The minimum atomic E-state index is -3.32. The highest BCUT2D eigenvalue weighted by Gasteiger charge is 2.20. The Labute approximate surface area is 109 Å². The summed E-state index contributed by atoms with van der Waals surface area (Å²) in [6.07, 6.45) is 3.41. The Morgan fingerprint density at radius 3 is 2.44 bits per heavy atom. The molecule has 0 fully saturated rings. The third-order valence-electron chi connectivity index (χ3n) is 2.64. The molecule has 0 bridgehead atoms. The van der Waals surface area contributed by atoms with Gasteiger partial charge in [0.25, 0.3) is 0 Å². The van der Waals surface area contributed by atoms with E-state index in [1.54, 1.807) is 19.9 Å². The lowest BCUT2D eigenvalue weighted by Crippen LogP contribution is -2.16. The van der Waals surface area contributed by atoms with Crippen LogP contribution in [-0.4, -0.2) is 30.4 Å². The summed E-state index contributed by atoms with van der Waals surface area (Å²) in [5, 5.41) is 10.3. The van der Waals surface area contributed by atoms with Crippen molar-refractivity contribution in [2.24, 2.45) is 0 Å². The molecule has 0 atom stereocenters. The third-order valence-corrected chi connectivity index (χ3v) is 4.68. The van der Waals surface area contributed by atoms with Gasteiger partial charge in [-0.05, 0) is 32.4 Å². The van der Waals surface area contributed by atoms with Crippen molar-refractivity contribution < 1.29 is 8.42 Å². The molecule has 0 aliphatic carbocycles. The first-order chi connectivity index (χ1) is 8.48. The Bertz CT molecular complexity index is 455. The van der Waals surface area contributed by atoms with E-state index >= 15 is 0 Å². The number of hydrogen-bond acceptors (Lipinski definition) is 5. The van der Waals surface area contributed by atoms with Crippen LogP contribution in [0.15, 0.2) is 17.2 Å². The van der Waals surface area contributed by atoms with Gasteiger partial charge in [-0.1, -0.05) is 19.8 Å². The summed E-state index contributed by atoms with van der Waals surface area (Å²) in [5.41, 5.74) is 0. The van der Waals surface area contributed by atoms with Gasteiger partial charge in [0, 0.05) is 6.54 Å². The Hall–Kier alpha value is -1.17. The highest BCUT2D eigenvalue weighted by Crippen LogP contribution is 2.13. The highest BCUT2D eigenvalue weighted by molar-refractivity contribution is 7.91. The molecule has 1 aromatic heterocycles. The molecule has 5 nitrogen and oxygen atoms in total. The van der Waals surface area contributed by atoms with Gasteiger partial charge in [-0.15, -0.1) is 10.2 Å². The lowest BCUT2D eigenvalue weighted by molar-refractivity contribution is 0.581. The highest BCUT2D eigenvalue weighted by atomic mass is 32.2. The zero-order chi connectivity index (χ0) is 13.6. The predicted molar refractivity (Wildman–Crippen MR) is 72.4 cm³/mol. The summed E-state index contributed by atoms with van der Waals surface area (Å²) in [6, 6.07) is 3.17. The molecule has 1 heterocycles. The van der Waals surface area contributed by atoms with E-state index in [0.29, 0.717) is 5.82 Å². The molecule has 0 unspecified atom stereocenters. The quantitative estimate of drug-likeness (QED) is 0.770. The van der Waals surface area contributed by atoms with Crippen molar-refractivity contribution in [1.29, 1.82) is 0 Å². The van der Waals surface area contributed by atoms with Gasteiger partial charge < -0.3 is 5.32 Å². The van der Waals surface area contributed by atoms with Crippen molar-refractivity contribution in [3.05, 3.63) is 12.1 Å². The van der Waals surface area contributed by atoms with Crippen LogP contribution < -0.4 is 5.32 Å². The minimum Gasteiger partial charge on any atom is -0.369 e. The molecule has 0 aliphatic heterocycles. The number of rotatable bonds is 7. The van der Waals surface area contributed by atoms with Gasteiger partial charge in [-0.2, -0.15) is 0 Å². The molecular weight excluding hydrogens is 250 g/mol. The van der Waals surface area contributed by atoms with E-state index in [2.05, 4.69) is 22.4 Å². The van der Waals surface area contributed by atoms with E-state index in [4.69, 9.17) is 0 Å². The maximum absolute atomic E-state index is 11.8. The van der Waals surface area contributed by atoms with E-state index in [1.165, 1.54) is 18.9 Å². The summed E-state index contributed by atoms with van der Waals surface area (Å²) < 4.78 is 23.6. The van der Waals surface area contributed by atoms with E-state index in [0.717, 1.165) is 13.0 Å². The number of nitrogens with zero attached hydrogens (tertiary/aromatic N) is 2. The fourth-order valence-corrected chi connectivity index (χ4v) is 2.29. The zero-order valence-corrected chi connectivity index (χ0v) is 12.0. The van der Waals surface area contributed by atoms with Crippen molar-refractivity contribution in [2.45, 2.75) is 50.3 Å². The minimum absolute atomic E-state index is 0.0385. The van der Waals surface area contributed by atoms with E-state index in [9.17, 15) is 8.42 Å². The van der Waals surface area contributed by atoms with Crippen molar-refractivity contribution in [2.75, 3.05) is 11.9 Å². The zero-order valence-electron chi connectivity index (χ0n) is 11.2. The van der Waals surface area contributed by atoms with Crippen molar-refractivity contribution >= 4 is 15.7 Å². The standard InChI is InChI=1S/C12H21N3O2S/c1-4-5-6-9-13-11-7-8-12(15-14-11)18(16,17)10(2)3/h7-8,10H,4-6,9H2,1-3H3,(H,13,14). The lowest BCUT2D eigenvalue weighted by atomic mass is 10.2. The number of sulfone groups is 1. The summed E-state index contributed by atoms with van der Waals surface area (Å²) in [4.78, 5) is 0. The first kappa shape index (κ1) is 14.9. The molecule has 18 heavy (non-hydrogen) atoms. The van der Waals surface area contributed by atoms with Crippen LogP contribution in [-0.2, 0) is 9.84 Å². The number of nitrogens with one attached hydrogen (secondary N) is 1. The fourth-order valence-electron chi connectivity index (χ4n) is 1.40. The molecule has 0 aliphatic rings. The summed E-state index contributed by atoms with van der Waals surface area (Å²) in [6.45, 7) is 6.24. The van der Waals surface area contributed by atoms with Crippen molar-refractivity contribution in [1.82, 2.24) is 10.2 Å². The van der Waals surface area contributed by atoms with Crippen LogP contribution in [0.25, 0.3) is 0 Å². The van der Waals surface area contributed by atoms with Crippen LogP contribution in [0.4, 0.5) is 5.82 Å². The number of anilines is 1. The van der Waals surface area contributed by atoms with Gasteiger partial charge in [0.2, 0.25) is 0 Å². The average molecular weight is 271 g/mol. The monoisotopic (exact) mass is 271 g/mol. The molecule has 102 valence electrons. The molecule has 1 aromatic rings. The van der Waals surface area contributed by atoms with Crippen LogP contribution in [0, 0.1) is 0 Å². The SMILES string of the molecule is CCCCCNc1ccc(S(=O)(=O)C(C)C)nn1. The average Bonchev–Trinajstić information content (AvgIpc) is 2.35. The smallest absolute Gasteiger partial charge is 0.199 e. The fraction of sp³-hybridized carbons (Fsp3) is 0.667. The van der Waals surface area contributed by atoms with Gasteiger partial charge in [0.05, 0.1) is 5.25 Å². The van der Waals surface area contributed by atoms with E-state index in [-0.39, 0.29) is 5.03 Å². The summed E-state index contributed by atoms with van der Waals surface area (Å²) in [7, 11) is -3.32. The van der Waals surface area contributed by atoms with Gasteiger partial charge in [0.15, 0.2) is 14.9 Å². The predicted octanol–water partition coefficient (Wildman–Crippen LogP) is 2.26. The molecule has 6 heteroatoms.